The van der Waals surface area contributed by atoms with Crippen molar-refractivity contribution in [2.75, 3.05) is 19.8 Å². The molecular formula is C14H19BrN2O2. The molecule has 0 saturated carbocycles. The van der Waals surface area contributed by atoms with Gasteiger partial charge in [0.2, 0.25) is 5.91 Å². The van der Waals surface area contributed by atoms with Gasteiger partial charge < -0.3 is 15.4 Å². The molecule has 0 aromatic heterocycles. The van der Waals surface area contributed by atoms with Crippen molar-refractivity contribution in [3.8, 4) is 0 Å². The van der Waals surface area contributed by atoms with Crippen molar-refractivity contribution in [2.45, 2.75) is 25.4 Å². The molecule has 1 aromatic rings. The summed E-state index contributed by atoms with van der Waals surface area (Å²) in [7, 11) is 0. The Bertz CT molecular complexity index is 416. The maximum Gasteiger partial charge on any atom is 0.239 e. The van der Waals surface area contributed by atoms with Gasteiger partial charge in [-0.1, -0.05) is 28.1 Å². The van der Waals surface area contributed by atoms with Crippen LogP contribution in [-0.4, -0.2) is 37.7 Å². The third kappa shape index (κ3) is 4.60. The Hall–Kier alpha value is -0.910. The monoisotopic (exact) mass is 326 g/mol. The van der Waals surface area contributed by atoms with Crippen molar-refractivity contribution in [1.82, 2.24) is 10.6 Å². The third-order valence-corrected chi connectivity index (χ3v) is 3.61. The van der Waals surface area contributed by atoms with Crippen LogP contribution in [-0.2, 0) is 16.0 Å². The lowest BCUT2D eigenvalue weighted by Gasteiger charge is -2.24. The summed E-state index contributed by atoms with van der Waals surface area (Å²) in [5.74, 6) is 0.0179. The van der Waals surface area contributed by atoms with Crippen molar-refractivity contribution in [1.29, 1.82) is 0 Å². The van der Waals surface area contributed by atoms with Gasteiger partial charge in [-0.05, 0) is 31.0 Å². The van der Waals surface area contributed by atoms with E-state index in [9.17, 15) is 4.79 Å². The molecule has 0 radical (unpaired) electrons. The standard InChI is InChI=1S/C14H19BrN2O2/c1-10(8-11-2-4-12(15)5-3-11)17-14(18)13-9-19-7-6-16-13/h2-5,10,13,16H,6-9H2,1H3,(H,17,18). The van der Waals surface area contributed by atoms with Gasteiger partial charge in [-0.3, -0.25) is 4.79 Å². The van der Waals surface area contributed by atoms with Crippen molar-refractivity contribution in [2.24, 2.45) is 0 Å². The van der Waals surface area contributed by atoms with Crippen LogP contribution >= 0.6 is 15.9 Å². The summed E-state index contributed by atoms with van der Waals surface area (Å²) in [6, 6.07) is 8.04. The van der Waals surface area contributed by atoms with Crippen LogP contribution in [0, 0.1) is 0 Å². The minimum absolute atomic E-state index is 0.0179. The first-order valence-corrected chi connectivity index (χ1v) is 7.30. The number of ether oxygens (including phenoxy) is 1. The summed E-state index contributed by atoms with van der Waals surface area (Å²) in [6.07, 6.45) is 0.826. The molecule has 1 heterocycles. The van der Waals surface area contributed by atoms with Crippen LogP contribution in [0.3, 0.4) is 0 Å². The summed E-state index contributed by atoms with van der Waals surface area (Å²) >= 11 is 3.41. The molecule has 2 rings (SSSR count). The van der Waals surface area contributed by atoms with E-state index < -0.39 is 0 Å². The van der Waals surface area contributed by atoms with E-state index in [1.807, 2.05) is 19.1 Å². The molecule has 0 spiro atoms. The number of hydrogen-bond acceptors (Lipinski definition) is 3. The topological polar surface area (TPSA) is 50.4 Å². The highest BCUT2D eigenvalue weighted by Crippen LogP contribution is 2.11. The Balaban J connectivity index is 1.81. The van der Waals surface area contributed by atoms with E-state index in [1.165, 1.54) is 5.56 Å². The van der Waals surface area contributed by atoms with Crippen LogP contribution in [0.25, 0.3) is 0 Å². The molecule has 0 bridgehead atoms. The van der Waals surface area contributed by atoms with Crippen LogP contribution in [0.1, 0.15) is 12.5 Å². The van der Waals surface area contributed by atoms with Gasteiger partial charge in [-0.2, -0.15) is 0 Å². The highest BCUT2D eigenvalue weighted by atomic mass is 79.9. The number of rotatable bonds is 4. The molecule has 1 aromatic carbocycles. The van der Waals surface area contributed by atoms with Gasteiger partial charge in [-0.15, -0.1) is 0 Å². The lowest BCUT2D eigenvalue weighted by atomic mass is 10.1. The fourth-order valence-electron chi connectivity index (χ4n) is 2.10. The SMILES string of the molecule is CC(Cc1ccc(Br)cc1)NC(=O)C1COCCN1. The highest BCUT2D eigenvalue weighted by Gasteiger charge is 2.22. The second-order valence-electron chi connectivity index (χ2n) is 4.82. The summed E-state index contributed by atoms with van der Waals surface area (Å²) in [5, 5.41) is 6.17. The second kappa shape index (κ2) is 7.03. The number of morpholine rings is 1. The second-order valence-corrected chi connectivity index (χ2v) is 5.74. The van der Waals surface area contributed by atoms with Crippen molar-refractivity contribution < 1.29 is 9.53 Å². The van der Waals surface area contributed by atoms with Crippen molar-refractivity contribution in [3.63, 3.8) is 0 Å². The van der Waals surface area contributed by atoms with E-state index in [2.05, 4.69) is 38.7 Å². The normalized spacial score (nSPS) is 20.8. The maximum atomic E-state index is 12.0. The maximum absolute atomic E-state index is 12.0. The van der Waals surface area contributed by atoms with E-state index in [1.54, 1.807) is 0 Å². The van der Waals surface area contributed by atoms with Crippen LogP contribution in [0.15, 0.2) is 28.7 Å². The lowest BCUT2D eigenvalue weighted by molar-refractivity contribution is -0.126. The van der Waals surface area contributed by atoms with Crippen LogP contribution in [0.5, 0.6) is 0 Å². The van der Waals surface area contributed by atoms with Crippen molar-refractivity contribution in [3.05, 3.63) is 34.3 Å². The lowest BCUT2D eigenvalue weighted by Crippen LogP contribution is -2.53. The van der Waals surface area contributed by atoms with E-state index in [0.29, 0.717) is 13.2 Å². The van der Waals surface area contributed by atoms with Gasteiger partial charge >= 0.3 is 0 Å². The van der Waals surface area contributed by atoms with Crippen LogP contribution < -0.4 is 10.6 Å². The first kappa shape index (κ1) is 14.5. The Kier molecular flexibility index (Phi) is 5.36. The predicted molar refractivity (Wildman–Crippen MR) is 78.1 cm³/mol. The minimum Gasteiger partial charge on any atom is -0.378 e. The van der Waals surface area contributed by atoms with Gasteiger partial charge in [0.05, 0.1) is 13.2 Å². The molecule has 4 nitrogen and oxygen atoms in total. The fraction of sp³-hybridized carbons (Fsp3) is 0.500. The molecule has 1 saturated heterocycles. The molecule has 19 heavy (non-hydrogen) atoms. The van der Waals surface area contributed by atoms with Crippen molar-refractivity contribution >= 4 is 21.8 Å². The Labute approximate surface area is 122 Å². The Morgan fingerprint density at radius 1 is 1.53 bits per heavy atom. The molecule has 1 amide bonds. The van der Waals surface area contributed by atoms with Gasteiger partial charge in [-0.25, -0.2) is 0 Å². The van der Waals surface area contributed by atoms with Gasteiger partial charge in [0, 0.05) is 17.1 Å². The number of hydrogen-bond donors (Lipinski definition) is 2. The van der Waals surface area contributed by atoms with E-state index >= 15 is 0 Å². The molecule has 2 N–H and O–H groups in total. The number of nitrogens with one attached hydrogen (secondary N) is 2. The fourth-order valence-corrected chi connectivity index (χ4v) is 2.37. The summed E-state index contributed by atoms with van der Waals surface area (Å²) in [4.78, 5) is 12.0. The van der Waals surface area contributed by atoms with Gasteiger partial charge in [0.15, 0.2) is 0 Å². The molecule has 104 valence electrons. The molecule has 1 aliphatic heterocycles. The Morgan fingerprint density at radius 2 is 2.26 bits per heavy atom. The summed E-state index contributed by atoms with van der Waals surface area (Å²) in [5.41, 5.74) is 1.21. The van der Waals surface area contributed by atoms with E-state index in [0.717, 1.165) is 17.4 Å². The predicted octanol–water partition coefficient (Wildman–Crippen LogP) is 1.48. The first-order valence-electron chi connectivity index (χ1n) is 6.51. The van der Waals surface area contributed by atoms with Crippen LogP contribution in [0.2, 0.25) is 0 Å². The van der Waals surface area contributed by atoms with Gasteiger partial charge in [0.25, 0.3) is 0 Å². The highest BCUT2D eigenvalue weighted by molar-refractivity contribution is 9.10. The molecular weight excluding hydrogens is 308 g/mol. The zero-order chi connectivity index (χ0) is 13.7. The Morgan fingerprint density at radius 3 is 2.89 bits per heavy atom. The summed E-state index contributed by atoms with van der Waals surface area (Å²) in [6.45, 7) is 3.89. The number of carbonyl (C=O) groups is 1. The quantitative estimate of drug-likeness (QED) is 0.881. The molecule has 2 unspecified atom stereocenters. The minimum atomic E-state index is -0.221. The van der Waals surface area contributed by atoms with E-state index in [-0.39, 0.29) is 18.0 Å². The van der Waals surface area contributed by atoms with E-state index in [4.69, 9.17) is 4.74 Å². The number of benzene rings is 1. The average molecular weight is 327 g/mol. The number of halogens is 1. The smallest absolute Gasteiger partial charge is 0.239 e. The summed E-state index contributed by atoms with van der Waals surface area (Å²) < 4.78 is 6.35. The molecule has 5 heteroatoms. The molecule has 1 fully saturated rings. The number of carbonyl (C=O) groups excluding carboxylic acids is 1. The molecule has 2 atom stereocenters. The molecule has 1 aliphatic rings. The van der Waals surface area contributed by atoms with Gasteiger partial charge in [0.1, 0.15) is 6.04 Å². The zero-order valence-electron chi connectivity index (χ0n) is 11.0. The zero-order valence-corrected chi connectivity index (χ0v) is 12.6. The third-order valence-electron chi connectivity index (χ3n) is 3.08. The largest absolute Gasteiger partial charge is 0.378 e. The van der Waals surface area contributed by atoms with Crippen LogP contribution in [0.4, 0.5) is 0 Å². The average Bonchev–Trinajstić information content (AvgIpc) is 2.42. The first-order chi connectivity index (χ1) is 9.15. The molecule has 0 aliphatic carbocycles. The number of amides is 1.